The third-order valence-corrected chi connectivity index (χ3v) is 8.73. The SMILES string of the molecule is CC1(C)c2ccccc2-c2ccc(-c3c(-c4ccc5ccccc5c4)nc4[se]ccn34)cc21. The van der Waals surface area contributed by atoms with E-state index in [1.165, 1.54) is 54.4 Å². The van der Waals surface area contributed by atoms with Crippen molar-refractivity contribution in [2.75, 3.05) is 0 Å². The number of hydrogen-bond donors (Lipinski definition) is 0. The summed E-state index contributed by atoms with van der Waals surface area (Å²) < 4.78 is 3.48. The van der Waals surface area contributed by atoms with E-state index in [4.69, 9.17) is 4.98 Å². The second-order valence-corrected chi connectivity index (χ2v) is 11.2. The van der Waals surface area contributed by atoms with Gasteiger partial charge in [0.2, 0.25) is 0 Å². The predicted octanol–water partition coefficient (Wildman–Crippen LogP) is 7.18. The third kappa shape index (κ3) is 2.70. The van der Waals surface area contributed by atoms with Gasteiger partial charge in [-0.25, -0.2) is 0 Å². The van der Waals surface area contributed by atoms with Crippen molar-refractivity contribution >= 4 is 29.8 Å². The van der Waals surface area contributed by atoms with Crippen molar-refractivity contribution in [3.63, 3.8) is 0 Å². The van der Waals surface area contributed by atoms with Crippen molar-refractivity contribution in [3.8, 4) is 33.6 Å². The van der Waals surface area contributed by atoms with Crippen molar-refractivity contribution in [3.05, 3.63) is 107 Å². The molecule has 1 aliphatic rings. The van der Waals surface area contributed by atoms with E-state index in [0.717, 1.165) is 5.69 Å². The van der Waals surface area contributed by atoms with Crippen LogP contribution in [0, 0.1) is 0 Å². The molecule has 2 nitrogen and oxygen atoms in total. The zero-order valence-electron chi connectivity index (χ0n) is 18.5. The van der Waals surface area contributed by atoms with Crippen LogP contribution in [0.4, 0.5) is 0 Å². The molecule has 1 aliphatic carbocycles. The Morgan fingerprint density at radius 3 is 2.39 bits per heavy atom. The summed E-state index contributed by atoms with van der Waals surface area (Å²) in [7, 11) is 0. The number of nitrogens with zero attached hydrogens (tertiary/aromatic N) is 2. The molecule has 7 rings (SSSR count). The molecule has 0 amide bonds. The second kappa shape index (κ2) is 6.81. The Bertz CT molecular complexity index is 1700. The van der Waals surface area contributed by atoms with Crippen LogP contribution in [-0.4, -0.2) is 23.9 Å². The maximum atomic E-state index is 5.14. The number of fused-ring (bicyclic) bond motifs is 5. The fourth-order valence-electron chi connectivity index (χ4n) is 5.45. The third-order valence-electron chi connectivity index (χ3n) is 7.14. The summed E-state index contributed by atoms with van der Waals surface area (Å²) in [4.78, 5) is 7.40. The van der Waals surface area contributed by atoms with E-state index >= 15 is 0 Å². The van der Waals surface area contributed by atoms with E-state index in [1.807, 2.05) is 0 Å². The van der Waals surface area contributed by atoms with Gasteiger partial charge in [-0.3, -0.25) is 0 Å². The molecule has 0 saturated heterocycles. The van der Waals surface area contributed by atoms with Crippen LogP contribution in [0.3, 0.4) is 0 Å². The number of aromatic nitrogens is 2. The van der Waals surface area contributed by atoms with Crippen LogP contribution >= 0.6 is 0 Å². The minimum absolute atomic E-state index is 0.0152. The summed E-state index contributed by atoms with van der Waals surface area (Å²) in [5, 5.41) is 2.51. The fraction of sp³-hybridized carbons (Fsp3) is 0.100. The molecule has 2 heterocycles. The van der Waals surface area contributed by atoms with Crippen LogP contribution in [0.5, 0.6) is 0 Å². The van der Waals surface area contributed by atoms with Crippen molar-refractivity contribution in [2.45, 2.75) is 19.3 Å². The Kier molecular flexibility index (Phi) is 3.94. The van der Waals surface area contributed by atoms with E-state index in [1.54, 1.807) is 0 Å². The van der Waals surface area contributed by atoms with Crippen molar-refractivity contribution in [1.29, 1.82) is 0 Å². The molecule has 0 atom stereocenters. The fourth-order valence-corrected chi connectivity index (χ4v) is 6.95. The molecular formula is C30H22N2Se. The van der Waals surface area contributed by atoms with E-state index in [9.17, 15) is 0 Å². The van der Waals surface area contributed by atoms with Gasteiger partial charge in [-0.15, -0.1) is 0 Å². The van der Waals surface area contributed by atoms with E-state index in [-0.39, 0.29) is 19.9 Å². The first-order valence-corrected chi connectivity index (χ1v) is 13.2. The average Bonchev–Trinajstić information content (AvgIpc) is 3.50. The summed E-state index contributed by atoms with van der Waals surface area (Å²) in [6.45, 7) is 4.69. The molecule has 0 fully saturated rings. The van der Waals surface area contributed by atoms with Gasteiger partial charge in [0.05, 0.1) is 0 Å². The molecule has 0 bridgehead atoms. The first kappa shape index (κ1) is 19.1. The molecule has 0 radical (unpaired) electrons. The normalized spacial score (nSPS) is 14.0. The van der Waals surface area contributed by atoms with Crippen LogP contribution < -0.4 is 0 Å². The summed E-state index contributed by atoms with van der Waals surface area (Å²) in [5.74, 6) is 0. The van der Waals surface area contributed by atoms with Crippen LogP contribution in [0.2, 0.25) is 0 Å². The number of benzene rings is 4. The summed E-state index contributed by atoms with van der Waals surface area (Å²) in [6.07, 6.45) is 2.20. The molecule has 3 heteroatoms. The quantitative estimate of drug-likeness (QED) is 0.236. The predicted molar refractivity (Wildman–Crippen MR) is 138 cm³/mol. The molecule has 4 aromatic carbocycles. The first-order chi connectivity index (χ1) is 16.1. The molecule has 0 spiro atoms. The summed E-state index contributed by atoms with van der Waals surface area (Å²) in [6, 6.07) is 31.1. The monoisotopic (exact) mass is 490 g/mol. The first-order valence-electron chi connectivity index (χ1n) is 11.3. The standard InChI is InChI=1S/C30H22N2Se/c1-30(2)25-10-6-5-9-23(25)24-14-13-22(18-26(24)30)28-27(31-29-32(28)15-16-33-29)21-12-11-19-7-3-4-8-20(19)17-21/h3-18H,1-2H3. The molecular weight excluding hydrogens is 467 g/mol. The van der Waals surface area contributed by atoms with Gasteiger partial charge in [-0.2, -0.15) is 0 Å². The van der Waals surface area contributed by atoms with E-state index < -0.39 is 0 Å². The topological polar surface area (TPSA) is 17.3 Å². The second-order valence-electron chi connectivity index (χ2n) is 9.36. The van der Waals surface area contributed by atoms with Crippen LogP contribution in [0.1, 0.15) is 25.0 Å². The molecule has 33 heavy (non-hydrogen) atoms. The molecule has 0 N–H and O–H groups in total. The van der Waals surface area contributed by atoms with Gasteiger partial charge in [0.15, 0.2) is 0 Å². The van der Waals surface area contributed by atoms with Gasteiger partial charge in [0.25, 0.3) is 0 Å². The molecule has 0 aliphatic heterocycles. The molecule has 158 valence electrons. The Morgan fingerprint density at radius 2 is 1.48 bits per heavy atom. The molecule has 2 aromatic heterocycles. The Hall–Kier alpha value is -3.39. The average molecular weight is 489 g/mol. The van der Waals surface area contributed by atoms with Gasteiger partial charge in [-0.1, -0.05) is 0 Å². The Balaban J connectivity index is 1.47. The van der Waals surface area contributed by atoms with Crippen LogP contribution in [0.15, 0.2) is 96.1 Å². The molecule has 6 aromatic rings. The number of rotatable bonds is 2. The maximum absolute atomic E-state index is 5.14. The molecule has 0 saturated carbocycles. The van der Waals surface area contributed by atoms with Gasteiger partial charge < -0.3 is 0 Å². The van der Waals surface area contributed by atoms with Crippen LogP contribution in [0.25, 0.3) is 48.9 Å². The van der Waals surface area contributed by atoms with Crippen molar-refractivity contribution in [1.82, 2.24) is 9.38 Å². The summed E-state index contributed by atoms with van der Waals surface area (Å²) in [5.41, 5.74) is 10.2. The van der Waals surface area contributed by atoms with Gasteiger partial charge in [-0.05, 0) is 0 Å². The van der Waals surface area contributed by atoms with Gasteiger partial charge >= 0.3 is 199 Å². The van der Waals surface area contributed by atoms with Crippen molar-refractivity contribution in [2.24, 2.45) is 0 Å². The van der Waals surface area contributed by atoms with E-state index in [2.05, 4.69) is 114 Å². The minimum atomic E-state index is -0.0152. The number of hydrogen-bond acceptors (Lipinski definition) is 1. The number of imidazole rings is 1. The zero-order chi connectivity index (χ0) is 22.2. The van der Waals surface area contributed by atoms with E-state index in [0.29, 0.717) is 0 Å². The van der Waals surface area contributed by atoms with Crippen LogP contribution in [-0.2, 0) is 5.41 Å². The molecule has 0 unspecified atom stereocenters. The van der Waals surface area contributed by atoms with Crippen molar-refractivity contribution < 1.29 is 0 Å². The van der Waals surface area contributed by atoms with Gasteiger partial charge in [0, 0.05) is 0 Å². The van der Waals surface area contributed by atoms with Gasteiger partial charge in [0.1, 0.15) is 0 Å². The Morgan fingerprint density at radius 1 is 0.727 bits per heavy atom. The summed E-state index contributed by atoms with van der Waals surface area (Å²) >= 11 is 0.274. The zero-order valence-corrected chi connectivity index (χ0v) is 20.3. The Labute approximate surface area is 198 Å².